The van der Waals surface area contributed by atoms with Crippen molar-refractivity contribution in [1.29, 1.82) is 0 Å². The zero-order valence-corrected chi connectivity index (χ0v) is 21.7. The van der Waals surface area contributed by atoms with Gasteiger partial charge in [-0.2, -0.15) is 0 Å². The van der Waals surface area contributed by atoms with Crippen LogP contribution in [0.3, 0.4) is 0 Å². The Morgan fingerprint density at radius 2 is 1.92 bits per heavy atom. The van der Waals surface area contributed by atoms with E-state index >= 15 is 0 Å². The van der Waals surface area contributed by atoms with Gasteiger partial charge >= 0.3 is 5.97 Å². The van der Waals surface area contributed by atoms with Crippen molar-refractivity contribution in [2.24, 2.45) is 4.99 Å². The van der Waals surface area contributed by atoms with Crippen LogP contribution in [0.5, 0.6) is 0 Å². The van der Waals surface area contributed by atoms with Crippen LogP contribution in [-0.2, 0) is 9.53 Å². The third-order valence-electron chi connectivity index (χ3n) is 5.75. The van der Waals surface area contributed by atoms with E-state index in [-0.39, 0.29) is 12.2 Å². The van der Waals surface area contributed by atoms with Gasteiger partial charge in [-0.3, -0.25) is 9.36 Å². The third-order valence-corrected chi connectivity index (χ3v) is 7.55. The molecule has 0 fully saturated rings. The Balaban J connectivity index is 1.64. The van der Waals surface area contributed by atoms with Gasteiger partial charge in [0.25, 0.3) is 5.56 Å². The number of hydrogen-bond donors (Lipinski definition) is 0. The predicted octanol–water partition coefficient (Wildman–Crippen LogP) is 5.37. The molecule has 0 bridgehead atoms. The average molecular weight is 539 g/mol. The van der Waals surface area contributed by atoms with Crippen LogP contribution in [0.2, 0.25) is 10.0 Å². The lowest BCUT2D eigenvalue weighted by atomic mass is 9.96. The number of hydrogen-bond acceptors (Lipinski definition) is 6. The number of aromatic nitrogens is 1. The number of carbonyl (C=O) groups is 1. The highest BCUT2D eigenvalue weighted by molar-refractivity contribution is 7.07. The third kappa shape index (κ3) is 4.34. The molecule has 5 rings (SSSR count). The van der Waals surface area contributed by atoms with E-state index in [0.717, 1.165) is 5.56 Å². The van der Waals surface area contributed by atoms with Crippen LogP contribution in [0, 0.1) is 0 Å². The van der Waals surface area contributed by atoms with Crippen molar-refractivity contribution in [3.8, 4) is 11.3 Å². The first-order chi connectivity index (χ1) is 17.4. The van der Waals surface area contributed by atoms with Gasteiger partial charge in [-0.25, -0.2) is 9.79 Å². The standard InChI is InChI=1S/C27H20Cl2N2O4S/c1-3-34-26(33)22-15(2)30-27-31(24(22)16-8-5-4-6-9-16)25(32)21(36-27)14-17-12-13-20(35-17)18-10-7-11-19(28)23(18)29/h4-14,24H,3H2,1-2H3/b21-14+/t24-/m1/s1. The zero-order valence-electron chi connectivity index (χ0n) is 19.3. The molecular formula is C27H20Cl2N2O4S. The summed E-state index contributed by atoms with van der Waals surface area (Å²) in [4.78, 5) is 31.6. The lowest BCUT2D eigenvalue weighted by molar-refractivity contribution is -0.139. The number of rotatable bonds is 5. The minimum absolute atomic E-state index is 0.221. The second kappa shape index (κ2) is 9.93. The molecule has 0 saturated heterocycles. The van der Waals surface area contributed by atoms with Gasteiger partial charge in [0, 0.05) is 11.6 Å². The van der Waals surface area contributed by atoms with Gasteiger partial charge in [0.2, 0.25) is 0 Å². The molecule has 1 aliphatic rings. The van der Waals surface area contributed by atoms with Crippen LogP contribution < -0.4 is 14.9 Å². The number of fused-ring (bicyclic) bond motifs is 1. The summed E-state index contributed by atoms with van der Waals surface area (Å²) in [5.74, 6) is 0.518. The van der Waals surface area contributed by atoms with Crippen LogP contribution in [0.1, 0.15) is 31.2 Å². The number of allylic oxidation sites excluding steroid dienone is 1. The van der Waals surface area contributed by atoms with Gasteiger partial charge in [-0.15, -0.1) is 0 Å². The van der Waals surface area contributed by atoms with Gasteiger partial charge < -0.3 is 9.15 Å². The minimum atomic E-state index is -0.652. The van der Waals surface area contributed by atoms with Crippen molar-refractivity contribution in [2.45, 2.75) is 19.9 Å². The van der Waals surface area contributed by atoms with Gasteiger partial charge in [0.15, 0.2) is 4.80 Å². The van der Waals surface area contributed by atoms with E-state index in [9.17, 15) is 9.59 Å². The zero-order chi connectivity index (χ0) is 25.4. The SMILES string of the molecule is CCOC(=O)C1=C(C)N=c2s/c(=C/c3ccc(-c4cccc(Cl)c4Cl)o3)c(=O)n2[C@@H]1c1ccccc1. The molecule has 2 aromatic heterocycles. The number of nitrogens with zero attached hydrogens (tertiary/aromatic N) is 2. The maximum absolute atomic E-state index is 13.6. The van der Waals surface area contributed by atoms with Crippen molar-refractivity contribution >= 4 is 46.6 Å². The van der Waals surface area contributed by atoms with Gasteiger partial charge in [-0.1, -0.05) is 70.9 Å². The van der Waals surface area contributed by atoms with E-state index in [0.29, 0.717) is 47.7 Å². The van der Waals surface area contributed by atoms with Crippen molar-refractivity contribution < 1.29 is 13.9 Å². The van der Waals surface area contributed by atoms with E-state index in [4.69, 9.17) is 32.4 Å². The molecule has 0 spiro atoms. The Labute approximate surface area is 220 Å². The molecule has 182 valence electrons. The summed E-state index contributed by atoms with van der Waals surface area (Å²) in [6.45, 7) is 3.72. The average Bonchev–Trinajstić information content (AvgIpc) is 3.45. The maximum atomic E-state index is 13.6. The van der Waals surface area contributed by atoms with E-state index in [2.05, 4.69) is 4.99 Å². The Morgan fingerprint density at radius 3 is 2.67 bits per heavy atom. The molecule has 0 aliphatic carbocycles. The second-order valence-corrected chi connectivity index (χ2v) is 9.81. The molecular weight excluding hydrogens is 519 g/mol. The quantitative estimate of drug-likeness (QED) is 0.320. The topological polar surface area (TPSA) is 73.8 Å². The van der Waals surface area contributed by atoms with Gasteiger partial charge in [0.05, 0.1) is 38.5 Å². The predicted molar refractivity (Wildman–Crippen MR) is 141 cm³/mol. The molecule has 36 heavy (non-hydrogen) atoms. The molecule has 0 N–H and O–H groups in total. The highest BCUT2D eigenvalue weighted by Crippen LogP contribution is 2.34. The van der Waals surface area contributed by atoms with Crippen LogP contribution in [0.4, 0.5) is 0 Å². The Kier molecular flexibility index (Phi) is 6.71. The number of carbonyl (C=O) groups excluding carboxylic acids is 1. The monoisotopic (exact) mass is 538 g/mol. The summed E-state index contributed by atoms with van der Waals surface area (Å²) >= 11 is 13.7. The number of ether oxygens (including phenoxy) is 1. The summed E-state index contributed by atoms with van der Waals surface area (Å²) in [6.07, 6.45) is 1.66. The summed E-state index contributed by atoms with van der Waals surface area (Å²) in [6, 6.07) is 17.6. The van der Waals surface area contributed by atoms with Crippen LogP contribution >= 0.6 is 34.5 Å². The fraction of sp³-hybridized carbons (Fsp3) is 0.148. The summed E-state index contributed by atoms with van der Waals surface area (Å²) in [5, 5.41) is 0.818. The van der Waals surface area contributed by atoms with Crippen molar-refractivity contribution in [1.82, 2.24) is 4.57 Å². The molecule has 0 saturated carbocycles. The molecule has 0 radical (unpaired) electrons. The van der Waals surface area contributed by atoms with Crippen molar-refractivity contribution in [2.75, 3.05) is 6.61 Å². The van der Waals surface area contributed by atoms with Crippen molar-refractivity contribution in [3.63, 3.8) is 0 Å². The van der Waals surface area contributed by atoms with Crippen LogP contribution in [-0.4, -0.2) is 17.1 Å². The first kappa shape index (κ1) is 24.3. The molecule has 0 amide bonds. The first-order valence-electron chi connectivity index (χ1n) is 11.2. The Bertz CT molecular complexity index is 1680. The second-order valence-electron chi connectivity index (χ2n) is 8.02. The summed E-state index contributed by atoms with van der Waals surface area (Å²) in [7, 11) is 0. The fourth-order valence-corrected chi connectivity index (χ4v) is 5.56. The highest BCUT2D eigenvalue weighted by Gasteiger charge is 2.33. The number of esters is 1. The number of furan rings is 1. The molecule has 2 aromatic carbocycles. The van der Waals surface area contributed by atoms with Gasteiger partial charge in [-0.05, 0) is 43.7 Å². The minimum Gasteiger partial charge on any atom is -0.463 e. The summed E-state index contributed by atoms with van der Waals surface area (Å²) < 4.78 is 13.2. The highest BCUT2D eigenvalue weighted by atomic mass is 35.5. The van der Waals surface area contributed by atoms with Crippen molar-refractivity contribution in [3.05, 3.63) is 113 Å². The summed E-state index contributed by atoms with van der Waals surface area (Å²) in [5.41, 5.74) is 2.03. The molecule has 4 aromatic rings. The lowest BCUT2D eigenvalue weighted by Crippen LogP contribution is -2.39. The van der Waals surface area contributed by atoms with E-state index in [1.54, 1.807) is 48.8 Å². The molecule has 1 atom stereocenters. The van der Waals surface area contributed by atoms with Crippen LogP contribution in [0.25, 0.3) is 17.4 Å². The largest absolute Gasteiger partial charge is 0.463 e. The molecule has 1 aliphatic heterocycles. The Hall–Kier alpha value is -3.39. The number of halogens is 2. The molecule has 0 unspecified atom stereocenters. The Morgan fingerprint density at radius 1 is 1.14 bits per heavy atom. The fourth-order valence-electron chi connectivity index (χ4n) is 4.14. The van der Waals surface area contributed by atoms with Crippen LogP contribution in [0.15, 0.2) is 86.1 Å². The molecule has 3 heterocycles. The van der Waals surface area contributed by atoms with E-state index < -0.39 is 12.0 Å². The number of thiazole rings is 1. The van der Waals surface area contributed by atoms with Gasteiger partial charge in [0.1, 0.15) is 11.5 Å². The molecule has 9 heteroatoms. The lowest BCUT2D eigenvalue weighted by Gasteiger charge is -2.24. The normalized spacial score (nSPS) is 15.6. The first-order valence-corrected chi connectivity index (χ1v) is 12.7. The smallest absolute Gasteiger partial charge is 0.338 e. The molecule has 6 nitrogen and oxygen atoms in total. The van der Waals surface area contributed by atoms with E-state index in [1.165, 1.54) is 11.3 Å². The number of benzene rings is 2. The van der Waals surface area contributed by atoms with E-state index in [1.807, 2.05) is 36.4 Å². The maximum Gasteiger partial charge on any atom is 0.338 e.